The van der Waals surface area contributed by atoms with Crippen molar-refractivity contribution in [2.75, 3.05) is 0 Å². The molecule has 0 bridgehead atoms. The molecule has 0 aromatic carbocycles. The van der Waals surface area contributed by atoms with Crippen LogP contribution in [0.5, 0.6) is 0 Å². The molecule has 50 valence electrons. The van der Waals surface area contributed by atoms with E-state index in [9.17, 15) is 9.90 Å². The molecule has 0 unspecified atom stereocenters. The van der Waals surface area contributed by atoms with Gasteiger partial charge in [0.2, 0.25) is 0 Å². The second-order valence-corrected chi connectivity index (χ2v) is 1.92. The van der Waals surface area contributed by atoms with E-state index in [1.165, 1.54) is 0 Å². The Kier molecular flexibility index (Phi) is 3.48. The minimum Gasteiger partial charge on any atom is -0.862 e. The van der Waals surface area contributed by atoms with Gasteiger partial charge in [0.25, 0.3) is 0 Å². The van der Waals surface area contributed by atoms with Gasteiger partial charge in [-0.05, 0) is 18.7 Å². The van der Waals surface area contributed by atoms with Crippen molar-refractivity contribution in [3.63, 3.8) is 0 Å². The summed E-state index contributed by atoms with van der Waals surface area (Å²) in [5.74, 6) is -1.29. The molecule has 0 aromatic heterocycles. The molecule has 0 aromatic rings. The molecule has 0 spiro atoms. The summed E-state index contributed by atoms with van der Waals surface area (Å²) in [7, 11) is 0. The summed E-state index contributed by atoms with van der Waals surface area (Å²) in [6.45, 7) is 0. The third-order valence-corrected chi connectivity index (χ3v) is 1.22. The molecular weight excluding hydrogens is 129 g/mol. The van der Waals surface area contributed by atoms with Gasteiger partial charge in [0.15, 0.2) is 0 Å². The summed E-state index contributed by atoms with van der Waals surface area (Å²) in [4.78, 5) is 13.5. The summed E-state index contributed by atoms with van der Waals surface area (Å²) < 4.78 is 0. The number of carbonyl (C=O) groups is 1. The molecule has 10 heavy (non-hydrogen) atoms. The van der Waals surface area contributed by atoms with Gasteiger partial charge in [0, 0.05) is 0 Å². The fourth-order valence-corrected chi connectivity index (χ4v) is 0.742. The van der Waals surface area contributed by atoms with Crippen molar-refractivity contribution in [2.45, 2.75) is 18.9 Å². The number of aliphatic imine (C=N–C) groups is 1. The number of hydrogen-bond acceptors (Lipinski definition) is 3. The van der Waals surface area contributed by atoms with Crippen LogP contribution in [0.25, 0.3) is 0 Å². The van der Waals surface area contributed by atoms with Gasteiger partial charge in [0.05, 0.1) is 0 Å². The maximum atomic E-state index is 10.3. The molecule has 0 fully saturated rings. The first-order valence-electron chi connectivity index (χ1n) is 2.66. The van der Waals surface area contributed by atoms with E-state index in [4.69, 9.17) is 5.11 Å². The second-order valence-electron chi connectivity index (χ2n) is 1.92. The van der Waals surface area contributed by atoms with Gasteiger partial charge in [0.1, 0.15) is 6.04 Å². The van der Waals surface area contributed by atoms with E-state index in [0.29, 0.717) is 6.42 Å². The van der Waals surface area contributed by atoms with Crippen LogP contribution in [0.4, 0.5) is 0 Å². The molecule has 1 atom stereocenters. The summed E-state index contributed by atoms with van der Waals surface area (Å²) in [5.41, 5.74) is 0. The molecule has 5 heteroatoms. The number of carboxylic acids is 1. The number of nitrogens with zero attached hydrogens (tertiary/aromatic N) is 1. The maximum absolute atomic E-state index is 10.3. The first kappa shape index (κ1) is 9.54. The molecule has 4 nitrogen and oxygen atoms in total. The zero-order chi connectivity index (χ0) is 6.85. The molecule has 0 aliphatic carbocycles. The number of aliphatic carboxylic acids is 1. The number of carboxylic acid groups (broad SMARTS) is 1. The Labute approximate surface area is 70.1 Å². The Morgan fingerprint density at radius 3 is 2.60 bits per heavy atom. The first-order valence-corrected chi connectivity index (χ1v) is 2.66. The Hall–Kier alpha value is -0.463. The fourth-order valence-electron chi connectivity index (χ4n) is 0.742. The minimum absolute atomic E-state index is 0. The largest absolute Gasteiger partial charge is 1.00 e. The molecule has 0 radical (unpaired) electrons. The van der Waals surface area contributed by atoms with Gasteiger partial charge in [-0.1, -0.05) is 0 Å². The summed E-state index contributed by atoms with van der Waals surface area (Å²) in [6.07, 6.45) is 0.658. The summed E-state index contributed by atoms with van der Waals surface area (Å²) in [5, 5.41) is 18.6. The molecule has 1 aliphatic rings. The SMILES string of the molecule is O=C(O)[C@H]1CCC([O-])=N1.[Li+]. The molecule has 1 N–H and O–H groups in total. The zero-order valence-electron chi connectivity index (χ0n) is 5.70. The monoisotopic (exact) mass is 135 g/mol. The van der Waals surface area contributed by atoms with E-state index in [2.05, 4.69) is 4.99 Å². The molecule has 0 amide bonds. The molecule has 0 saturated carbocycles. The minimum atomic E-state index is -0.999. The third kappa shape index (κ3) is 2.05. The van der Waals surface area contributed by atoms with Crippen LogP contribution >= 0.6 is 0 Å². The van der Waals surface area contributed by atoms with Crippen LogP contribution in [0.2, 0.25) is 0 Å². The molecule has 1 aliphatic heterocycles. The van der Waals surface area contributed by atoms with Gasteiger partial charge in [-0.2, -0.15) is 0 Å². The predicted molar refractivity (Wildman–Crippen MR) is 28.1 cm³/mol. The normalized spacial score (nSPS) is 23.2. The van der Waals surface area contributed by atoms with Crippen molar-refractivity contribution in [1.29, 1.82) is 0 Å². The average molecular weight is 135 g/mol. The van der Waals surface area contributed by atoms with Crippen molar-refractivity contribution in [2.24, 2.45) is 4.99 Å². The Morgan fingerprint density at radius 2 is 2.40 bits per heavy atom. The van der Waals surface area contributed by atoms with Gasteiger partial charge < -0.3 is 10.2 Å². The van der Waals surface area contributed by atoms with Crippen LogP contribution in [0.3, 0.4) is 0 Å². The number of rotatable bonds is 1. The maximum Gasteiger partial charge on any atom is 1.00 e. The van der Waals surface area contributed by atoms with E-state index in [0.717, 1.165) is 0 Å². The van der Waals surface area contributed by atoms with Crippen LogP contribution in [0.1, 0.15) is 12.8 Å². The second kappa shape index (κ2) is 3.64. The molecule has 0 saturated heterocycles. The topological polar surface area (TPSA) is 72.7 Å². The van der Waals surface area contributed by atoms with Crippen LogP contribution < -0.4 is 24.0 Å². The average Bonchev–Trinajstić information content (AvgIpc) is 2.14. The van der Waals surface area contributed by atoms with Gasteiger partial charge in [-0.3, -0.25) is 4.99 Å². The van der Waals surface area contributed by atoms with Crippen LogP contribution in [0, 0.1) is 0 Å². The van der Waals surface area contributed by atoms with Crippen molar-refractivity contribution in [3.05, 3.63) is 0 Å². The molecule has 1 heterocycles. The predicted octanol–water partition coefficient (Wildman–Crippen LogP) is -4.00. The van der Waals surface area contributed by atoms with E-state index < -0.39 is 12.0 Å². The van der Waals surface area contributed by atoms with Crippen LogP contribution in [0.15, 0.2) is 4.99 Å². The van der Waals surface area contributed by atoms with Gasteiger partial charge in [-0.25, -0.2) is 4.79 Å². The molecule has 1 rings (SSSR count). The van der Waals surface area contributed by atoms with Crippen LogP contribution in [-0.4, -0.2) is 23.0 Å². The Morgan fingerprint density at radius 1 is 1.80 bits per heavy atom. The van der Waals surface area contributed by atoms with Gasteiger partial charge >= 0.3 is 24.8 Å². The van der Waals surface area contributed by atoms with Crippen molar-refractivity contribution < 1.29 is 33.9 Å². The molecular formula is C5H6LiNO3. The fraction of sp³-hybridized carbons (Fsp3) is 0.600. The van der Waals surface area contributed by atoms with E-state index in [1.807, 2.05) is 0 Å². The van der Waals surface area contributed by atoms with Crippen molar-refractivity contribution >= 4 is 11.9 Å². The smallest absolute Gasteiger partial charge is 0.862 e. The van der Waals surface area contributed by atoms with E-state index >= 15 is 0 Å². The van der Waals surface area contributed by atoms with E-state index in [-0.39, 0.29) is 31.2 Å². The summed E-state index contributed by atoms with van der Waals surface area (Å²) in [6, 6.07) is -0.766. The van der Waals surface area contributed by atoms with E-state index in [1.54, 1.807) is 0 Å². The third-order valence-electron chi connectivity index (χ3n) is 1.22. The van der Waals surface area contributed by atoms with Crippen molar-refractivity contribution in [1.82, 2.24) is 0 Å². The van der Waals surface area contributed by atoms with Crippen molar-refractivity contribution in [3.8, 4) is 0 Å². The Balaban J connectivity index is 0.000000810. The van der Waals surface area contributed by atoms with Gasteiger partial charge in [-0.15, -0.1) is 0 Å². The summed E-state index contributed by atoms with van der Waals surface area (Å²) >= 11 is 0. The van der Waals surface area contributed by atoms with Crippen LogP contribution in [-0.2, 0) is 4.79 Å². The Bertz CT molecular complexity index is 168. The number of hydrogen-bond donors (Lipinski definition) is 1. The zero-order valence-corrected chi connectivity index (χ0v) is 5.70. The standard InChI is InChI=1S/C5H7NO3.Li/c7-4-2-1-3(6-4)5(8)9;/h3H,1-2H2,(H,6,7)(H,8,9);/q;+1/p-1/t3-;/m1./s1. The quantitative estimate of drug-likeness (QED) is 0.372. The first-order chi connectivity index (χ1) is 4.20.